The number of carbonyl (C=O) groups is 3. The van der Waals surface area contributed by atoms with E-state index in [0.29, 0.717) is 16.6 Å². The first-order chi connectivity index (χ1) is 23.2. The van der Waals surface area contributed by atoms with Crippen molar-refractivity contribution in [2.24, 2.45) is 23.7 Å². The normalized spacial score (nSPS) is 22.1. The quantitative estimate of drug-likeness (QED) is 0.218. The highest BCUT2D eigenvalue weighted by Crippen LogP contribution is 2.41. The molecule has 6 rings (SSSR count). The van der Waals surface area contributed by atoms with Gasteiger partial charge >= 0.3 is 5.97 Å². The number of allylic oxidation sites excluding steroid dienone is 2. The Bertz CT molecular complexity index is 1620. The Balaban J connectivity index is 1.08. The van der Waals surface area contributed by atoms with Crippen molar-refractivity contribution in [3.8, 4) is 11.4 Å². The third-order valence-corrected chi connectivity index (χ3v) is 12.2. The van der Waals surface area contributed by atoms with E-state index in [9.17, 15) is 19.5 Å². The Morgan fingerprint density at radius 3 is 2.23 bits per heavy atom. The number of aromatic nitrogens is 2. The third kappa shape index (κ3) is 7.88. The summed E-state index contributed by atoms with van der Waals surface area (Å²) in [5.74, 6) is 1.55. The van der Waals surface area contributed by atoms with E-state index in [4.69, 9.17) is 9.97 Å². The number of rotatable bonds is 11. The van der Waals surface area contributed by atoms with Gasteiger partial charge in [-0.25, -0.2) is 9.97 Å². The van der Waals surface area contributed by atoms with Crippen molar-refractivity contribution in [2.45, 2.75) is 90.5 Å². The van der Waals surface area contributed by atoms with Gasteiger partial charge in [-0.1, -0.05) is 70.4 Å². The van der Waals surface area contributed by atoms with E-state index < -0.39 is 17.9 Å². The Labute approximate surface area is 288 Å². The molecule has 48 heavy (non-hydrogen) atoms. The van der Waals surface area contributed by atoms with Gasteiger partial charge in [0.1, 0.15) is 6.04 Å². The molecule has 0 bridgehead atoms. The summed E-state index contributed by atoms with van der Waals surface area (Å²) in [5.41, 5.74) is 4.21. The number of aliphatic carboxylic acids is 1. The van der Waals surface area contributed by atoms with Crippen LogP contribution in [-0.4, -0.2) is 56.9 Å². The number of likely N-dealkylation sites (tertiary alicyclic amines) is 1. The summed E-state index contributed by atoms with van der Waals surface area (Å²) in [5, 5.41) is 12.2. The molecular formula is C39H48N4O4S. The summed E-state index contributed by atoms with van der Waals surface area (Å²) < 4.78 is 0. The Kier molecular flexibility index (Phi) is 10.7. The van der Waals surface area contributed by atoms with Crippen molar-refractivity contribution < 1.29 is 19.5 Å². The molecule has 1 saturated heterocycles. The van der Waals surface area contributed by atoms with Gasteiger partial charge in [-0.3, -0.25) is 14.4 Å². The summed E-state index contributed by atoms with van der Waals surface area (Å²) >= 11 is 1.43. The second-order valence-corrected chi connectivity index (χ2v) is 15.4. The molecule has 0 radical (unpaired) electrons. The van der Waals surface area contributed by atoms with Gasteiger partial charge in [0.15, 0.2) is 5.82 Å². The molecule has 2 aliphatic carbocycles. The lowest BCUT2D eigenvalue weighted by molar-refractivity contribution is -0.153. The summed E-state index contributed by atoms with van der Waals surface area (Å²) in [6.07, 6.45) is 17.0. The summed E-state index contributed by atoms with van der Waals surface area (Å²) in [7, 11) is 0. The van der Waals surface area contributed by atoms with Crippen molar-refractivity contribution in [2.75, 3.05) is 13.1 Å². The van der Waals surface area contributed by atoms with Gasteiger partial charge < -0.3 is 15.3 Å². The lowest BCUT2D eigenvalue weighted by Crippen LogP contribution is -2.59. The summed E-state index contributed by atoms with van der Waals surface area (Å²) in [6, 6.07) is 10.7. The van der Waals surface area contributed by atoms with E-state index in [0.717, 1.165) is 52.2 Å². The standard InChI is InChI=1S/C39H48N4O4S/c1-4-25-5-9-27(10-6-25)28-13-15-29(16-14-28)31-20-40-36(41-21-31)30-11-7-26(8-12-30)19-33(38(45)43-22-32(23-43)39(46)47)42-37(44)35-18-17-34(48-35)24(2)3/h7-8,11-12,15,17-18,20-21,24-25,27-28,32-33H,4-6,9-10,13-14,16,19,22-23H2,1-3H3,(H,42,44)(H,46,47)/t25-,27-,28?,33-/m0/s1. The van der Waals surface area contributed by atoms with Gasteiger partial charge in [-0.15, -0.1) is 11.3 Å². The Morgan fingerprint density at radius 1 is 0.938 bits per heavy atom. The maximum atomic E-state index is 13.4. The van der Waals surface area contributed by atoms with Crippen LogP contribution in [0, 0.1) is 23.7 Å². The van der Waals surface area contributed by atoms with Crippen molar-refractivity contribution in [3.05, 3.63) is 75.7 Å². The van der Waals surface area contributed by atoms with Gasteiger partial charge in [0.2, 0.25) is 5.91 Å². The second-order valence-electron chi connectivity index (χ2n) is 14.3. The van der Waals surface area contributed by atoms with Crippen LogP contribution in [0.2, 0.25) is 0 Å². The van der Waals surface area contributed by atoms with Gasteiger partial charge in [0.05, 0.1) is 10.8 Å². The van der Waals surface area contributed by atoms with E-state index in [2.05, 4.69) is 32.2 Å². The molecule has 1 aromatic carbocycles. The smallest absolute Gasteiger partial charge is 0.310 e. The molecular weight excluding hydrogens is 621 g/mol. The number of thiophene rings is 1. The molecule has 1 unspecified atom stereocenters. The number of nitrogens with one attached hydrogen (secondary N) is 1. The molecule has 2 aromatic heterocycles. The van der Waals surface area contributed by atoms with Crippen LogP contribution in [0.3, 0.4) is 0 Å². The molecule has 9 heteroatoms. The molecule has 0 spiro atoms. The first-order valence-electron chi connectivity index (χ1n) is 17.7. The van der Waals surface area contributed by atoms with Gasteiger partial charge in [-0.2, -0.15) is 0 Å². The fourth-order valence-electron chi connectivity index (χ4n) is 7.53. The van der Waals surface area contributed by atoms with Crippen molar-refractivity contribution in [1.29, 1.82) is 0 Å². The van der Waals surface area contributed by atoms with E-state index >= 15 is 0 Å². The number of hydrogen-bond donors (Lipinski definition) is 2. The average molecular weight is 669 g/mol. The number of benzene rings is 1. The highest BCUT2D eigenvalue weighted by molar-refractivity contribution is 7.14. The predicted octanol–water partition coefficient (Wildman–Crippen LogP) is 7.61. The summed E-state index contributed by atoms with van der Waals surface area (Å²) in [6.45, 7) is 6.79. The minimum atomic E-state index is -0.908. The van der Waals surface area contributed by atoms with Crippen LogP contribution in [0.4, 0.5) is 0 Å². The van der Waals surface area contributed by atoms with E-state index in [1.165, 1.54) is 60.3 Å². The minimum Gasteiger partial charge on any atom is -0.481 e. The topological polar surface area (TPSA) is 112 Å². The highest BCUT2D eigenvalue weighted by Gasteiger charge is 2.39. The maximum Gasteiger partial charge on any atom is 0.310 e. The van der Waals surface area contributed by atoms with Crippen LogP contribution in [0.25, 0.3) is 17.0 Å². The van der Waals surface area contributed by atoms with Gasteiger partial charge in [-0.05, 0) is 79.0 Å². The molecule has 2 amide bonds. The molecule has 2 N–H and O–H groups in total. The molecule has 1 aliphatic heterocycles. The first kappa shape index (κ1) is 34.0. The zero-order chi connectivity index (χ0) is 33.8. The number of nitrogens with zero attached hydrogens (tertiary/aromatic N) is 3. The molecule has 3 aromatic rings. The Morgan fingerprint density at radius 2 is 1.65 bits per heavy atom. The first-order valence-corrected chi connectivity index (χ1v) is 18.5. The molecule has 8 nitrogen and oxygen atoms in total. The van der Waals surface area contributed by atoms with E-state index in [1.54, 1.807) is 6.07 Å². The third-order valence-electron chi connectivity index (χ3n) is 10.8. The number of carbonyl (C=O) groups excluding carboxylic acids is 2. The largest absolute Gasteiger partial charge is 0.481 e. The van der Waals surface area contributed by atoms with Crippen molar-refractivity contribution in [1.82, 2.24) is 20.2 Å². The second kappa shape index (κ2) is 15.1. The van der Waals surface area contributed by atoms with Gasteiger partial charge in [0.25, 0.3) is 5.91 Å². The maximum absolute atomic E-state index is 13.4. The lowest BCUT2D eigenvalue weighted by Gasteiger charge is -2.38. The molecule has 1 saturated carbocycles. The van der Waals surface area contributed by atoms with Crippen molar-refractivity contribution >= 4 is 34.7 Å². The van der Waals surface area contributed by atoms with E-state index in [1.807, 2.05) is 42.7 Å². The zero-order valence-corrected chi connectivity index (χ0v) is 29.2. The van der Waals surface area contributed by atoms with Crippen LogP contribution < -0.4 is 5.32 Å². The number of carboxylic acids is 1. The molecule has 254 valence electrons. The fourth-order valence-corrected chi connectivity index (χ4v) is 8.44. The minimum absolute atomic E-state index is 0.154. The monoisotopic (exact) mass is 668 g/mol. The molecule has 3 aliphatic rings. The molecule has 2 atom stereocenters. The van der Waals surface area contributed by atoms with Gasteiger partial charge in [0, 0.05) is 47.9 Å². The SMILES string of the molecule is CC[C@H]1CC[C@H](C2CC=C(c3cnc(-c4ccc(C[C@H](NC(=O)c5ccc(C(C)C)s5)C(=O)N5CC(C(=O)O)C5)cc4)nc3)CC2)CC1. The lowest BCUT2D eigenvalue weighted by atomic mass is 9.71. The van der Waals surface area contributed by atoms with Crippen LogP contribution in [0.15, 0.2) is 54.9 Å². The number of hydrogen-bond acceptors (Lipinski definition) is 6. The average Bonchev–Trinajstić information content (AvgIpc) is 3.59. The predicted molar refractivity (Wildman–Crippen MR) is 190 cm³/mol. The Hall–Kier alpha value is -3.85. The van der Waals surface area contributed by atoms with Crippen molar-refractivity contribution in [3.63, 3.8) is 0 Å². The van der Waals surface area contributed by atoms with Crippen LogP contribution in [0.1, 0.15) is 104 Å². The number of carboxylic acid groups (broad SMARTS) is 1. The van der Waals surface area contributed by atoms with E-state index in [-0.39, 0.29) is 31.3 Å². The molecule has 3 heterocycles. The van der Waals surface area contributed by atoms with Crippen LogP contribution >= 0.6 is 11.3 Å². The van der Waals surface area contributed by atoms with Crippen LogP contribution in [-0.2, 0) is 16.0 Å². The van der Waals surface area contributed by atoms with Crippen LogP contribution in [0.5, 0.6) is 0 Å². The fraction of sp³-hybridized carbons (Fsp3) is 0.513. The zero-order valence-electron chi connectivity index (χ0n) is 28.4. The summed E-state index contributed by atoms with van der Waals surface area (Å²) in [4.78, 5) is 50.6. The highest BCUT2D eigenvalue weighted by atomic mass is 32.1. The number of amides is 2. The molecule has 2 fully saturated rings.